The molecule has 0 atom stereocenters. The topological polar surface area (TPSA) is 28.4 Å². The number of fused-ring (bicyclic) bond motifs is 1. The Morgan fingerprint density at radius 1 is 1.26 bits per heavy atom. The number of hydrogen-bond donors (Lipinski definition) is 1. The van der Waals surface area contributed by atoms with E-state index >= 15 is 0 Å². The van der Waals surface area contributed by atoms with Crippen molar-refractivity contribution in [1.29, 1.82) is 0 Å². The maximum absolute atomic E-state index is 5.57. The number of hydrogen-bond acceptors (Lipinski definition) is 3. The highest BCUT2D eigenvalue weighted by Crippen LogP contribution is 2.35. The first-order valence-corrected chi connectivity index (χ1v) is 7.05. The molecule has 19 heavy (non-hydrogen) atoms. The third-order valence-corrected chi connectivity index (χ3v) is 4.56. The minimum Gasteiger partial charge on any atom is -0.464 e. The van der Waals surface area contributed by atoms with Crippen molar-refractivity contribution >= 4 is 11.0 Å². The monoisotopic (exact) mass is 258 g/mol. The van der Waals surface area contributed by atoms with Crippen LogP contribution in [-0.4, -0.2) is 31.1 Å². The molecule has 1 saturated carbocycles. The fraction of sp³-hybridized carbons (Fsp3) is 0.500. The minimum atomic E-state index is 0.375. The Morgan fingerprint density at radius 3 is 2.74 bits per heavy atom. The molecule has 3 rings (SSSR count). The number of nitrogens with one attached hydrogen (secondary N) is 1. The van der Waals surface area contributed by atoms with E-state index in [2.05, 4.69) is 36.4 Å². The van der Waals surface area contributed by atoms with Crippen LogP contribution >= 0.6 is 0 Å². The molecule has 3 nitrogen and oxygen atoms in total. The van der Waals surface area contributed by atoms with Crippen molar-refractivity contribution in [1.82, 2.24) is 10.2 Å². The van der Waals surface area contributed by atoms with E-state index in [0.717, 1.165) is 18.7 Å². The van der Waals surface area contributed by atoms with Crippen molar-refractivity contribution in [2.75, 3.05) is 20.6 Å². The molecule has 0 radical (unpaired) electrons. The van der Waals surface area contributed by atoms with Crippen LogP contribution in [0.3, 0.4) is 0 Å². The molecule has 0 saturated heterocycles. The summed E-state index contributed by atoms with van der Waals surface area (Å²) in [7, 11) is 4.38. The summed E-state index contributed by atoms with van der Waals surface area (Å²) in [4.78, 5) is 2.37. The molecule has 1 heterocycles. The normalized spacial score (nSPS) is 17.8. The van der Waals surface area contributed by atoms with Crippen LogP contribution in [-0.2, 0) is 6.54 Å². The van der Waals surface area contributed by atoms with E-state index < -0.39 is 0 Å². The van der Waals surface area contributed by atoms with Crippen molar-refractivity contribution in [2.24, 2.45) is 0 Å². The summed E-state index contributed by atoms with van der Waals surface area (Å²) in [6.07, 6.45) is 5.84. The van der Waals surface area contributed by atoms with Gasteiger partial charge < -0.3 is 14.6 Å². The quantitative estimate of drug-likeness (QED) is 0.893. The minimum absolute atomic E-state index is 0.375. The highest BCUT2D eigenvalue weighted by molar-refractivity contribution is 5.80. The molecular formula is C16H22N2O. The van der Waals surface area contributed by atoms with Gasteiger partial charge in [0.25, 0.3) is 0 Å². The average molecular weight is 258 g/mol. The third-order valence-electron chi connectivity index (χ3n) is 4.56. The summed E-state index contributed by atoms with van der Waals surface area (Å²) >= 11 is 0. The van der Waals surface area contributed by atoms with Crippen molar-refractivity contribution in [3.63, 3.8) is 0 Å². The van der Waals surface area contributed by atoms with Gasteiger partial charge in [-0.15, -0.1) is 0 Å². The molecule has 1 aromatic carbocycles. The van der Waals surface area contributed by atoms with Crippen molar-refractivity contribution < 1.29 is 4.42 Å². The molecule has 0 aliphatic heterocycles. The largest absolute Gasteiger partial charge is 0.464 e. The Labute approximate surface area is 114 Å². The second-order valence-electron chi connectivity index (χ2n) is 5.83. The first-order chi connectivity index (χ1) is 9.21. The predicted octanol–water partition coefficient (Wildman–Crippen LogP) is 3.01. The zero-order valence-electron chi connectivity index (χ0n) is 11.8. The first-order valence-electron chi connectivity index (χ1n) is 7.05. The lowest BCUT2D eigenvalue weighted by Crippen LogP contribution is -2.56. The zero-order chi connectivity index (χ0) is 13.3. The standard InChI is InChI=1S/C16H22N2O/c1-18(2)16(8-5-9-16)12-17-10-13-11-19-15-7-4-3-6-14(13)15/h3-4,6-7,11,17H,5,8-10,12H2,1-2H3. The fourth-order valence-corrected chi connectivity index (χ4v) is 2.97. The van der Waals surface area contributed by atoms with Crippen LogP contribution in [0.5, 0.6) is 0 Å². The summed E-state index contributed by atoms with van der Waals surface area (Å²) in [5, 5.41) is 4.83. The summed E-state index contributed by atoms with van der Waals surface area (Å²) in [6.45, 7) is 1.94. The van der Waals surface area contributed by atoms with Gasteiger partial charge in [-0.2, -0.15) is 0 Å². The highest BCUT2D eigenvalue weighted by Gasteiger charge is 2.38. The molecule has 1 aliphatic rings. The number of para-hydroxylation sites is 1. The lowest BCUT2D eigenvalue weighted by Gasteiger charge is -2.47. The van der Waals surface area contributed by atoms with Gasteiger partial charge in [0.2, 0.25) is 0 Å². The summed E-state index contributed by atoms with van der Waals surface area (Å²) in [6, 6.07) is 8.22. The number of likely N-dealkylation sites (N-methyl/N-ethyl adjacent to an activating group) is 1. The number of nitrogens with zero attached hydrogens (tertiary/aromatic N) is 1. The van der Waals surface area contributed by atoms with E-state index in [1.807, 2.05) is 18.4 Å². The lowest BCUT2D eigenvalue weighted by atomic mass is 9.75. The van der Waals surface area contributed by atoms with Crippen LogP contribution < -0.4 is 5.32 Å². The van der Waals surface area contributed by atoms with E-state index in [-0.39, 0.29) is 0 Å². The molecule has 1 aromatic heterocycles. The third kappa shape index (κ3) is 2.28. The Hall–Kier alpha value is -1.32. The van der Waals surface area contributed by atoms with Crippen molar-refractivity contribution in [3.8, 4) is 0 Å². The van der Waals surface area contributed by atoms with Gasteiger partial charge in [0.05, 0.1) is 6.26 Å². The van der Waals surface area contributed by atoms with E-state index in [1.54, 1.807) is 0 Å². The van der Waals surface area contributed by atoms with Crippen LogP contribution in [0.1, 0.15) is 24.8 Å². The summed E-state index contributed by atoms with van der Waals surface area (Å²) < 4.78 is 5.57. The van der Waals surface area contributed by atoms with E-state index in [9.17, 15) is 0 Å². The summed E-state index contributed by atoms with van der Waals surface area (Å²) in [5.74, 6) is 0. The smallest absolute Gasteiger partial charge is 0.134 e. The van der Waals surface area contributed by atoms with Gasteiger partial charge in [-0.1, -0.05) is 18.2 Å². The van der Waals surface area contributed by atoms with Gasteiger partial charge in [-0.3, -0.25) is 0 Å². The van der Waals surface area contributed by atoms with Gasteiger partial charge in [0.15, 0.2) is 0 Å². The molecule has 0 amide bonds. The van der Waals surface area contributed by atoms with Gasteiger partial charge in [-0.25, -0.2) is 0 Å². The molecule has 1 N–H and O–H groups in total. The van der Waals surface area contributed by atoms with Crippen LogP contribution in [0.15, 0.2) is 34.9 Å². The highest BCUT2D eigenvalue weighted by atomic mass is 16.3. The maximum atomic E-state index is 5.57. The number of rotatable bonds is 5. The maximum Gasteiger partial charge on any atom is 0.134 e. The Kier molecular flexibility index (Phi) is 3.33. The molecule has 0 spiro atoms. The second-order valence-corrected chi connectivity index (χ2v) is 5.83. The van der Waals surface area contributed by atoms with E-state index in [0.29, 0.717) is 5.54 Å². The zero-order valence-corrected chi connectivity index (χ0v) is 11.8. The molecule has 1 fully saturated rings. The number of benzene rings is 1. The van der Waals surface area contributed by atoms with Gasteiger partial charge in [0, 0.05) is 29.6 Å². The predicted molar refractivity (Wildman–Crippen MR) is 78.2 cm³/mol. The molecule has 0 unspecified atom stereocenters. The van der Waals surface area contributed by atoms with Gasteiger partial charge in [0.1, 0.15) is 5.58 Å². The fourth-order valence-electron chi connectivity index (χ4n) is 2.97. The van der Waals surface area contributed by atoms with Crippen molar-refractivity contribution in [2.45, 2.75) is 31.3 Å². The van der Waals surface area contributed by atoms with Gasteiger partial charge >= 0.3 is 0 Å². The molecule has 102 valence electrons. The van der Waals surface area contributed by atoms with Crippen molar-refractivity contribution in [3.05, 3.63) is 36.1 Å². The van der Waals surface area contributed by atoms with Crippen LogP contribution in [0, 0.1) is 0 Å². The first kappa shape index (κ1) is 12.7. The van der Waals surface area contributed by atoms with E-state index in [1.165, 1.54) is 30.2 Å². The molecule has 3 heteroatoms. The number of furan rings is 1. The molecular weight excluding hydrogens is 236 g/mol. The van der Waals surface area contributed by atoms with Crippen LogP contribution in [0.4, 0.5) is 0 Å². The van der Waals surface area contributed by atoms with Gasteiger partial charge in [-0.05, 0) is 39.4 Å². The Balaban J connectivity index is 1.63. The molecule has 2 aromatic rings. The van der Waals surface area contributed by atoms with E-state index in [4.69, 9.17) is 4.42 Å². The Bertz CT molecular complexity index is 555. The molecule has 0 bridgehead atoms. The molecule has 1 aliphatic carbocycles. The average Bonchev–Trinajstić information content (AvgIpc) is 2.75. The van der Waals surface area contributed by atoms with Crippen LogP contribution in [0.25, 0.3) is 11.0 Å². The Morgan fingerprint density at radius 2 is 2.05 bits per heavy atom. The SMILES string of the molecule is CN(C)C1(CNCc2coc3ccccc23)CCC1. The second kappa shape index (κ2) is 4.99. The summed E-state index contributed by atoms with van der Waals surface area (Å²) in [5.41, 5.74) is 2.61. The van der Waals surface area contributed by atoms with Crippen LogP contribution in [0.2, 0.25) is 0 Å². The lowest BCUT2D eigenvalue weighted by molar-refractivity contribution is 0.0598.